The van der Waals surface area contributed by atoms with Gasteiger partial charge >= 0.3 is 0 Å². The van der Waals surface area contributed by atoms with Crippen LogP contribution in [-0.4, -0.2) is 23.8 Å². The molecule has 0 unspecified atom stereocenters. The van der Waals surface area contributed by atoms with Gasteiger partial charge in [-0.05, 0) is 52.3 Å². The van der Waals surface area contributed by atoms with Crippen LogP contribution >= 0.6 is 0 Å². The Bertz CT molecular complexity index is 1890. The number of aromatic nitrogens is 1. The molecule has 0 fully saturated rings. The van der Waals surface area contributed by atoms with Crippen LogP contribution in [0.4, 0.5) is 22.9 Å². The molecule has 0 radical (unpaired) electrons. The molecular weight excluding hydrogens is 550 g/mol. The molecule has 0 aliphatic rings. The number of pyridine rings is 1. The molecule has 0 spiro atoms. The summed E-state index contributed by atoms with van der Waals surface area (Å²) in [6.07, 6.45) is 1.72. The number of nitrogens with one attached hydrogen (secondary N) is 3. The van der Waals surface area contributed by atoms with Gasteiger partial charge in [-0.3, -0.25) is 9.59 Å². The molecule has 1 heterocycles. The molecule has 220 valence electrons. The number of anilines is 4. The fraction of sp³-hybridized carbons (Fsp3) is 0.167. The van der Waals surface area contributed by atoms with Gasteiger partial charge in [0.1, 0.15) is 11.9 Å². The lowest BCUT2D eigenvalue weighted by molar-refractivity contribution is -0.112. The van der Waals surface area contributed by atoms with E-state index in [0.717, 1.165) is 33.7 Å². The van der Waals surface area contributed by atoms with Gasteiger partial charge in [-0.2, -0.15) is 5.26 Å². The summed E-state index contributed by atoms with van der Waals surface area (Å²) in [5.74, 6) is -0.601. The van der Waals surface area contributed by atoms with Crippen molar-refractivity contribution in [3.8, 4) is 11.8 Å². The molecule has 0 saturated heterocycles. The third-order valence-corrected chi connectivity index (χ3v) is 7.26. The summed E-state index contributed by atoms with van der Waals surface area (Å²) >= 11 is 0. The first-order chi connectivity index (χ1) is 21.2. The fourth-order valence-electron chi connectivity index (χ4n) is 4.91. The van der Waals surface area contributed by atoms with Gasteiger partial charge < -0.3 is 20.7 Å². The molecule has 44 heavy (non-hydrogen) atoms. The Morgan fingerprint density at radius 1 is 0.886 bits per heavy atom. The zero-order chi connectivity index (χ0) is 31.3. The number of carbonyl (C=O) groups excluding carboxylic acids is 2. The third-order valence-electron chi connectivity index (χ3n) is 7.26. The van der Waals surface area contributed by atoms with Gasteiger partial charge in [-0.25, -0.2) is 4.98 Å². The van der Waals surface area contributed by atoms with Crippen molar-refractivity contribution >= 4 is 45.3 Å². The summed E-state index contributed by atoms with van der Waals surface area (Å²) in [4.78, 5) is 31.3. The van der Waals surface area contributed by atoms with Crippen molar-refractivity contribution in [2.45, 2.75) is 32.7 Å². The number of fused-ring (bicyclic) bond motifs is 1. The summed E-state index contributed by atoms with van der Waals surface area (Å²) in [6, 6.07) is 30.3. The maximum absolute atomic E-state index is 13.5. The number of Topliss-reactive ketones (excluding diaryl/α,β-unsaturated/α-hetero) is 1. The number of nitrogens with zero attached hydrogens (tertiary/aromatic N) is 2. The molecule has 1 amide bonds. The number of hydrogen-bond donors (Lipinski definition) is 3. The highest BCUT2D eigenvalue weighted by atomic mass is 16.5. The predicted molar refractivity (Wildman–Crippen MR) is 175 cm³/mol. The van der Waals surface area contributed by atoms with Crippen molar-refractivity contribution in [2.75, 3.05) is 23.1 Å². The number of ether oxygens (including phenoxy) is 1. The minimum atomic E-state index is -0.827. The molecule has 0 aliphatic carbocycles. The van der Waals surface area contributed by atoms with Crippen LogP contribution in [0.15, 0.2) is 97.2 Å². The number of hydrogen-bond acceptors (Lipinski definition) is 7. The van der Waals surface area contributed by atoms with Crippen LogP contribution in [0.1, 0.15) is 47.8 Å². The lowest BCUT2D eigenvalue weighted by Gasteiger charge is -2.22. The lowest BCUT2D eigenvalue weighted by Crippen LogP contribution is -2.24. The van der Waals surface area contributed by atoms with Crippen LogP contribution < -0.4 is 20.7 Å². The zero-order valence-corrected chi connectivity index (χ0v) is 25.1. The van der Waals surface area contributed by atoms with Gasteiger partial charge in [0.15, 0.2) is 5.75 Å². The van der Waals surface area contributed by atoms with E-state index in [0.29, 0.717) is 11.9 Å². The average molecular weight is 584 g/mol. The normalized spacial score (nSPS) is 11.0. The van der Waals surface area contributed by atoms with Crippen molar-refractivity contribution in [3.63, 3.8) is 0 Å². The molecule has 0 saturated carbocycles. The molecule has 1 aromatic heterocycles. The largest absolute Gasteiger partial charge is 0.493 e. The van der Waals surface area contributed by atoms with Gasteiger partial charge in [0.25, 0.3) is 11.7 Å². The lowest BCUT2D eigenvalue weighted by atomic mass is 9.85. The number of amides is 1. The van der Waals surface area contributed by atoms with E-state index in [4.69, 9.17) is 4.74 Å². The number of rotatable bonds is 9. The topological polar surface area (TPSA) is 116 Å². The van der Waals surface area contributed by atoms with Gasteiger partial charge in [0, 0.05) is 41.1 Å². The van der Waals surface area contributed by atoms with Gasteiger partial charge in [-0.1, -0.05) is 75.4 Å². The Balaban J connectivity index is 1.40. The van der Waals surface area contributed by atoms with Crippen molar-refractivity contribution in [3.05, 3.63) is 119 Å². The van der Waals surface area contributed by atoms with E-state index in [9.17, 15) is 14.9 Å². The summed E-state index contributed by atoms with van der Waals surface area (Å²) in [5.41, 5.74) is 4.07. The molecule has 8 nitrogen and oxygen atoms in total. The van der Waals surface area contributed by atoms with E-state index in [1.54, 1.807) is 30.5 Å². The molecule has 0 bridgehead atoms. The maximum atomic E-state index is 13.5. The van der Waals surface area contributed by atoms with E-state index in [1.807, 2.05) is 87.5 Å². The van der Waals surface area contributed by atoms with E-state index >= 15 is 0 Å². The highest BCUT2D eigenvalue weighted by molar-refractivity contribution is 6.48. The number of nitriles is 1. The van der Waals surface area contributed by atoms with Crippen molar-refractivity contribution in [1.29, 1.82) is 5.26 Å². The van der Waals surface area contributed by atoms with Crippen LogP contribution in [0.5, 0.6) is 5.75 Å². The monoisotopic (exact) mass is 583 g/mol. The summed E-state index contributed by atoms with van der Waals surface area (Å²) < 4.78 is 5.44. The molecule has 0 aliphatic heterocycles. The minimum absolute atomic E-state index is 0.209. The zero-order valence-electron chi connectivity index (χ0n) is 25.1. The Kier molecular flexibility index (Phi) is 8.59. The predicted octanol–water partition coefficient (Wildman–Crippen LogP) is 7.59. The fourth-order valence-corrected chi connectivity index (χ4v) is 4.91. The maximum Gasteiger partial charge on any atom is 0.296 e. The number of benzene rings is 4. The summed E-state index contributed by atoms with van der Waals surface area (Å²) in [7, 11) is 1.43. The quantitative estimate of drug-likeness (QED) is 0.121. The number of ketones is 1. The van der Waals surface area contributed by atoms with E-state index < -0.39 is 11.7 Å². The van der Waals surface area contributed by atoms with Gasteiger partial charge in [0.2, 0.25) is 0 Å². The van der Waals surface area contributed by atoms with Crippen LogP contribution in [0.3, 0.4) is 0 Å². The van der Waals surface area contributed by atoms with Gasteiger partial charge in [0.05, 0.1) is 18.4 Å². The number of carbonyl (C=O) groups is 2. The van der Waals surface area contributed by atoms with Crippen LogP contribution in [0, 0.1) is 11.3 Å². The third kappa shape index (κ3) is 6.53. The summed E-state index contributed by atoms with van der Waals surface area (Å²) in [6.45, 7) is 6.65. The molecule has 0 atom stereocenters. The highest BCUT2D eigenvalue weighted by Crippen LogP contribution is 2.35. The van der Waals surface area contributed by atoms with E-state index in [1.165, 1.54) is 7.11 Å². The minimum Gasteiger partial charge on any atom is -0.493 e. The highest BCUT2D eigenvalue weighted by Gasteiger charge is 2.24. The first-order valence-corrected chi connectivity index (χ1v) is 14.2. The molecule has 4 aromatic carbocycles. The Morgan fingerprint density at radius 2 is 1.61 bits per heavy atom. The smallest absolute Gasteiger partial charge is 0.296 e. The molecule has 5 aromatic rings. The van der Waals surface area contributed by atoms with Crippen LogP contribution in [-0.2, 0) is 16.8 Å². The first kappa shape index (κ1) is 29.8. The number of methoxy groups -OCH3 is 1. The SMILES string of the molecule is COc1c(C#N)cc(C(C)(C)C)cc1NC(=O)C(=O)c1ccc(Nc2ccnc(NCc3ccccc3)c2)c2ccccc12. The van der Waals surface area contributed by atoms with Gasteiger partial charge in [-0.15, -0.1) is 0 Å². The standard InChI is InChI=1S/C36H33N5O3/c1-36(2,3)25-18-24(21-37)34(44-4)31(19-25)41-35(43)33(42)29-14-15-30(28-13-9-8-12-27(28)29)40-26-16-17-38-32(20-26)39-22-23-10-6-5-7-11-23/h5-20H,22H2,1-4H3,(H,41,43)(H2,38,39,40). The van der Waals surface area contributed by atoms with E-state index in [-0.39, 0.29) is 28.0 Å². The average Bonchev–Trinajstić information content (AvgIpc) is 3.03. The Labute approximate surface area is 256 Å². The van der Waals surface area contributed by atoms with E-state index in [2.05, 4.69) is 27.0 Å². The molecular formula is C36H33N5O3. The molecule has 8 heteroatoms. The second-order valence-corrected chi connectivity index (χ2v) is 11.3. The van der Waals surface area contributed by atoms with Crippen LogP contribution in [0.2, 0.25) is 0 Å². The first-order valence-electron chi connectivity index (χ1n) is 14.2. The second kappa shape index (κ2) is 12.7. The second-order valence-electron chi connectivity index (χ2n) is 11.3. The Hall–Kier alpha value is -5.68. The molecule has 5 rings (SSSR count). The summed E-state index contributed by atoms with van der Waals surface area (Å²) in [5, 5.41) is 20.6. The molecule has 3 N–H and O–H groups in total. The van der Waals surface area contributed by atoms with Crippen molar-refractivity contribution < 1.29 is 14.3 Å². The van der Waals surface area contributed by atoms with Crippen molar-refractivity contribution in [1.82, 2.24) is 4.98 Å². The Morgan fingerprint density at radius 3 is 2.32 bits per heavy atom. The van der Waals surface area contributed by atoms with Crippen LogP contribution in [0.25, 0.3) is 10.8 Å². The van der Waals surface area contributed by atoms with Crippen molar-refractivity contribution in [2.24, 2.45) is 0 Å².